The minimum atomic E-state index is -0.316. The minimum absolute atomic E-state index is 0.0157. The molecule has 4 rings (SSSR count). The zero-order chi connectivity index (χ0) is 22.2. The molecule has 31 heavy (non-hydrogen) atoms. The van der Waals surface area contributed by atoms with E-state index in [2.05, 4.69) is 20.8 Å². The van der Waals surface area contributed by atoms with Gasteiger partial charge in [-0.1, -0.05) is 63.2 Å². The molecule has 0 unspecified atom stereocenters. The fraction of sp³-hybridized carbons (Fsp3) is 0.222. The molecule has 3 nitrogen and oxygen atoms in total. The molecule has 3 aromatic carbocycles. The van der Waals surface area contributed by atoms with E-state index in [1.807, 2.05) is 43.3 Å². The molecule has 0 spiro atoms. The second kappa shape index (κ2) is 8.03. The van der Waals surface area contributed by atoms with Crippen LogP contribution < -0.4 is 10.2 Å². The number of aryl methyl sites for hydroxylation is 1. The fourth-order valence-corrected chi connectivity index (χ4v) is 3.46. The third kappa shape index (κ3) is 4.38. The predicted molar refractivity (Wildman–Crippen MR) is 122 cm³/mol. The van der Waals surface area contributed by atoms with Crippen LogP contribution in [0.1, 0.15) is 37.5 Å². The molecule has 0 fully saturated rings. The van der Waals surface area contributed by atoms with Gasteiger partial charge in [-0.25, -0.2) is 4.39 Å². The molecule has 0 atom stereocenters. The van der Waals surface area contributed by atoms with Crippen molar-refractivity contribution in [3.05, 3.63) is 99.5 Å². The summed E-state index contributed by atoms with van der Waals surface area (Å²) in [5.41, 5.74) is 4.03. The Morgan fingerprint density at radius 3 is 2.26 bits per heavy atom. The zero-order valence-corrected chi connectivity index (χ0v) is 18.2. The van der Waals surface area contributed by atoms with Gasteiger partial charge in [-0.05, 0) is 53.3 Å². The second-order valence-electron chi connectivity index (χ2n) is 8.83. The van der Waals surface area contributed by atoms with Crippen LogP contribution >= 0.6 is 0 Å². The van der Waals surface area contributed by atoms with Gasteiger partial charge in [0.05, 0.1) is 5.39 Å². The Morgan fingerprint density at radius 2 is 1.61 bits per heavy atom. The number of ether oxygens (including phenoxy) is 1. The van der Waals surface area contributed by atoms with Gasteiger partial charge in [0.25, 0.3) is 0 Å². The maximum atomic E-state index is 13.3. The maximum Gasteiger partial charge on any atom is 0.235 e. The van der Waals surface area contributed by atoms with Crippen LogP contribution in [0.15, 0.2) is 75.9 Å². The number of hydrogen-bond acceptors (Lipinski definition) is 3. The lowest BCUT2D eigenvalue weighted by Gasteiger charge is -2.19. The van der Waals surface area contributed by atoms with Crippen LogP contribution in [-0.2, 0) is 12.0 Å². The average molecular weight is 416 g/mol. The van der Waals surface area contributed by atoms with E-state index < -0.39 is 0 Å². The van der Waals surface area contributed by atoms with Crippen LogP contribution in [0.5, 0.6) is 5.75 Å². The lowest BCUT2D eigenvalue weighted by atomic mass is 9.86. The Balaban J connectivity index is 1.82. The summed E-state index contributed by atoms with van der Waals surface area (Å²) in [4.78, 5) is 13.3. The van der Waals surface area contributed by atoms with E-state index in [-0.39, 0.29) is 29.0 Å². The largest absolute Gasteiger partial charge is 0.481 e. The van der Waals surface area contributed by atoms with E-state index >= 15 is 0 Å². The molecule has 1 aromatic heterocycles. The number of rotatable bonds is 4. The van der Waals surface area contributed by atoms with Crippen molar-refractivity contribution in [3.8, 4) is 17.1 Å². The van der Waals surface area contributed by atoms with Gasteiger partial charge < -0.3 is 9.15 Å². The summed E-state index contributed by atoms with van der Waals surface area (Å²) in [5, 5.41) is 0.467. The molecule has 4 aromatic rings. The highest BCUT2D eigenvalue weighted by molar-refractivity contribution is 5.82. The highest BCUT2D eigenvalue weighted by atomic mass is 19.1. The summed E-state index contributed by atoms with van der Waals surface area (Å²) in [6.45, 7) is 8.54. The average Bonchev–Trinajstić information content (AvgIpc) is 2.73. The monoisotopic (exact) mass is 416 g/mol. The Labute approximate surface area is 181 Å². The summed E-state index contributed by atoms with van der Waals surface area (Å²) in [6, 6.07) is 19.5. The van der Waals surface area contributed by atoms with Crippen molar-refractivity contribution in [2.24, 2.45) is 0 Å². The van der Waals surface area contributed by atoms with Gasteiger partial charge in [-0.3, -0.25) is 4.79 Å². The van der Waals surface area contributed by atoms with Gasteiger partial charge in [-0.2, -0.15) is 0 Å². The standard InChI is InChI=1S/C27H25FO3/c1-17-5-14-22-23(15-17)31-25(19-8-10-20(11-9-19)27(2,3)4)26(24(22)29)30-16-18-6-12-21(28)13-7-18/h5-15H,16H2,1-4H3. The van der Waals surface area contributed by atoms with E-state index in [9.17, 15) is 9.18 Å². The van der Waals surface area contributed by atoms with Gasteiger partial charge in [-0.15, -0.1) is 0 Å². The van der Waals surface area contributed by atoms with Gasteiger partial charge in [0.2, 0.25) is 11.2 Å². The van der Waals surface area contributed by atoms with Crippen molar-refractivity contribution in [2.45, 2.75) is 39.7 Å². The SMILES string of the molecule is Cc1ccc2c(=O)c(OCc3ccc(F)cc3)c(-c3ccc(C(C)(C)C)cc3)oc2c1. The third-order valence-electron chi connectivity index (χ3n) is 5.32. The molecular weight excluding hydrogens is 391 g/mol. The first kappa shape index (κ1) is 20.9. The second-order valence-corrected chi connectivity index (χ2v) is 8.83. The van der Waals surface area contributed by atoms with Crippen molar-refractivity contribution in [1.29, 1.82) is 0 Å². The summed E-state index contributed by atoms with van der Waals surface area (Å²) >= 11 is 0. The van der Waals surface area contributed by atoms with Crippen molar-refractivity contribution in [2.75, 3.05) is 0 Å². The minimum Gasteiger partial charge on any atom is -0.481 e. The van der Waals surface area contributed by atoms with Gasteiger partial charge in [0.1, 0.15) is 18.0 Å². The van der Waals surface area contributed by atoms with Gasteiger partial charge >= 0.3 is 0 Å². The van der Waals surface area contributed by atoms with Crippen LogP contribution in [0.2, 0.25) is 0 Å². The Hall–Kier alpha value is -3.40. The fourth-order valence-electron chi connectivity index (χ4n) is 3.46. The van der Waals surface area contributed by atoms with Crippen LogP contribution in [0.4, 0.5) is 4.39 Å². The molecule has 0 amide bonds. The number of hydrogen-bond donors (Lipinski definition) is 0. The van der Waals surface area contributed by atoms with E-state index in [4.69, 9.17) is 9.15 Å². The quantitative estimate of drug-likeness (QED) is 0.368. The van der Waals surface area contributed by atoms with E-state index in [1.165, 1.54) is 17.7 Å². The molecule has 0 aliphatic carbocycles. The molecule has 0 bridgehead atoms. The predicted octanol–water partition coefficient (Wildman–Crippen LogP) is 6.78. The summed E-state index contributed by atoms with van der Waals surface area (Å²) in [7, 11) is 0. The first-order valence-corrected chi connectivity index (χ1v) is 10.3. The van der Waals surface area contributed by atoms with E-state index in [0.29, 0.717) is 16.7 Å². The van der Waals surface area contributed by atoms with E-state index in [0.717, 1.165) is 16.7 Å². The normalized spacial score (nSPS) is 11.6. The number of benzene rings is 3. The number of halogens is 1. The molecular formula is C27H25FO3. The Morgan fingerprint density at radius 1 is 0.935 bits per heavy atom. The lowest BCUT2D eigenvalue weighted by Crippen LogP contribution is -2.11. The van der Waals surface area contributed by atoms with E-state index in [1.54, 1.807) is 18.2 Å². The van der Waals surface area contributed by atoms with Crippen LogP contribution in [0, 0.1) is 12.7 Å². The van der Waals surface area contributed by atoms with Gasteiger partial charge in [0, 0.05) is 5.56 Å². The first-order valence-electron chi connectivity index (χ1n) is 10.3. The van der Waals surface area contributed by atoms with Crippen LogP contribution in [-0.4, -0.2) is 0 Å². The Bertz CT molecular complexity index is 1280. The highest BCUT2D eigenvalue weighted by Gasteiger charge is 2.19. The molecule has 0 saturated heterocycles. The summed E-state index contributed by atoms with van der Waals surface area (Å²) < 4.78 is 25.4. The third-order valence-corrected chi connectivity index (χ3v) is 5.32. The smallest absolute Gasteiger partial charge is 0.235 e. The highest BCUT2D eigenvalue weighted by Crippen LogP contribution is 2.33. The molecule has 1 heterocycles. The number of fused-ring (bicyclic) bond motifs is 1. The zero-order valence-electron chi connectivity index (χ0n) is 18.2. The molecule has 0 aliphatic heterocycles. The molecule has 4 heteroatoms. The van der Waals surface area contributed by atoms with Crippen molar-refractivity contribution in [1.82, 2.24) is 0 Å². The molecule has 0 saturated carbocycles. The molecule has 0 radical (unpaired) electrons. The maximum absolute atomic E-state index is 13.3. The van der Waals surface area contributed by atoms with Crippen molar-refractivity contribution in [3.63, 3.8) is 0 Å². The van der Waals surface area contributed by atoms with Crippen molar-refractivity contribution < 1.29 is 13.5 Å². The first-order chi connectivity index (χ1) is 14.7. The molecule has 0 N–H and O–H groups in total. The summed E-state index contributed by atoms with van der Waals surface area (Å²) in [5.74, 6) is 0.235. The summed E-state index contributed by atoms with van der Waals surface area (Å²) in [6.07, 6.45) is 0. The Kier molecular flexibility index (Phi) is 5.40. The van der Waals surface area contributed by atoms with Crippen LogP contribution in [0.25, 0.3) is 22.3 Å². The van der Waals surface area contributed by atoms with Crippen molar-refractivity contribution >= 4 is 11.0 Å². The lowest BCUT2D eigenvalue weighted by molar-refractivity contribution is 0.297. The van der Waals surface area contributed by atoms with Gasteiger partial charge in [0.15, 0.2) is 5.76 Å². The molecule has 0 aliphatic rings. The topological polar surface area (TPSA) is 39.4 Å². The van der Waals surface area contributed by atoms with Crippen LogP contribution in [0.3, 0.4) is 0 Å². The molecule has 158 valence electrons.